The topological polar surface area (TPSA) is 37.4 Å². The van der Waals surface area contributed by atoms with Gasteiger partial charge in [-0.15, -0.1) is 0 Å². The number of pyridine rings is 1. The van der Waals surface area contributed by atoms with E-state index in [0.717, 1.165) is 44.0 Å². The summed E-state index contributed by atoms with van der Waals surface area (Å²) in [5.41, 5.74) is 1.14. The molecule has 1 unspecified atom stereocenters. The molecule has 0 saturated carbocycles. The first-order valence-electron chi connectivity index (χ1n) is 7.76. The van der Waals surface area contributed by atoms with Crippen LogP contribution < -0.4 is 10.1 Å². The third-order valence-electron chi connectivity index (χ3n) is 3.51. The molecule has 1 heterocycles. The molecule has 0 bridgehead atoms. The molecule has 1 rings (SSSR count). The Morgan fingerprint density at radius 3 is 2.70 bits per heavy atom. The summed E-state index contributed by atoms with van der Waals surface area (Å²) in [7, 11) is 0. The van der Waals surface area contributed by atoms with Crippen LogP contribution in [-0.4, -0.2) is 42.7 Å². The third-order valence-corrected chi connectivity index (χ3v) is 3.51. The van der Waals surface area contributed by atoms with Crippen molar-refractivity contribution in [1.82, 2.24) is 15.2 Å². The Morgan fingerprint density at radius 2 is 2.05 bits per heavy atom. The van der Waals surface area contributed by atoms with Crippen LogP contribution in [0.2, 0.25) is 0 Å². The Hall–Kier alpha value is -1.13. The van der Waals surface area contributed by atoms with Crippen LogP contribution in [0.15, 0.2) is 18.3 Å². The van der Waals surface area contributed by atoms with Gasteiger partial charge < -0.3 is 15.0 Å². The fourth-order valence-corrected chi connectivity index (χ4v) is 2.14. The molecule has 20 heavy (non-hydrogen) atoms. The van der Waals surface area contributed by atoms with Crippen LogP contribution in [0.25, 0.3) is 0 Å². The molecule has 0 aromatic carbocycles. The number of rotatable bonds is 10. The predicted molar refractivity (Wildman–Crippen MR) is 84.2 cm³/mol. The quantitative estimate of drug-likeness (QED) is 0.714. The standard InChI is InChI=1S/C16H29N3O/c1-5-10-17-14(4)15-9-8-11-18-16(15)20-13-12-19(6-2)7-3/h8-9,11,14,17H,5-7,10,12-13H2,1-4H3. The molecule has 0 radical (unpaired) electrons. The lowest BCUT2D eigenvalue weighted by molar-refractivity contribution is 0.215. The van der Waals surface area contributed by atoms with Gasteiger partial charge in [0.15, 0.2) is 0 Å². The fraction of sp³-hybridized carbons (Fsp3) is 0.688. The van der Waals surface area contributed by atoms with Crippen molar-refractivity contribution in [3.63, 3.8) is 0 Å². The second-order valence-electron chi connectivity index (χ2n) is 4.95. The minimum atomic E-state index is 0.270. The van der Waals surface area contributed by atoms with Gasteiger partial charge in [-0.2, -0.15) is 0 Å². The van der Waals surface area contributed by atoms with E-state index in [4.69, 9.17) is 4.74 Å². The van der Waals surface area contributed by atoms with Crippen molar-refractivity contribution < 1.29 is 4.74 Å². The monoisotopic (exact) mass is 279 g/mol. The van der Waals surface area contributed by atoms with E-state index in [1.165, 1.54) is 0 Å². The van der Waals surface area contributed by atoms with Crippen molar-refractivity contribution in [2.75, 3.05) is 32.8 Å². The molecule has 0 fully saturated rings. The summed E-state index contributed by atoms with van der Waals surface area (Å²) >= 11 is 0. The molecule has 1 atom stereocenters. The molecule has 1 aromatic rings. The van der Waals surface area contributed by atoms with Crippen molar-refractivity contribution in [3.05, 3.63) is 23.9 Å². The largest absolute Gasteiger partial charge is 0.476 e. The fourth-order valence-electron chi connectivity index (χ4n) is 2.14. The van der Waals surface area contributed by atoms with E-state index >= 15 is 0 Å². The summed E-state index contributed by atoms with van der Waals surface area (Å²) in [6, 6.07) is 4.33. The maximum Gasteiger partial charge on any atom is 0.218 e. The first kappa shape index (κ1) is 16.9. The highest BCUT2D eigenvalue weighted by atomic mass is 16.5. The minimum Gasteiger partial charge on any atom is -0.476 e. The summed E-state index contributed by atoms with van der Waals surface area (Å²) in [4.78, 5) is 6.72. The Kier molecular flexibility index (Phi) is 8.23. The summed E-state index contributed by atoms with van der Waals surface area (Å²) in [5, 5.41) is 3.48. The van der Waals surface area contributed by atoms with Crippen molar-refractivity contribution >= 4 is 0 Å². The van der Waals surface area contributed by atoms with Crippen molar-refractivity contribution in [2.24, 2.45) is 0 Å². The zero-order chi connectivity index (χ0) is 14.8. The molecular weight excluding hydrogens is 250 g/mol. The minimum absolute atomic E-state index is 0.270. The molecule has 0 aliphatic heterocycles. The van der Waals surface area contributed by atoms with E-state index < -0.39 is 0 Å². The molecule has 0 amide bonds. The van der Waals surface area contributed by atoms with Crippen molar-refractivity contribution in [1.29, 1.82) is 0 Å². The van der Waals surface area contributed by atoms with Gasteiger partial charge in [-0.05, 0) is 39.0 Å². The zero-order valence-corrected chi connectivity index (χ0v) is 13.4. The Morgan fingerprint density at radius 1 is 1.30 bits per heavy atom. The van der Waals surface area contributed by atoms with Gasteiger partial charge in [0, 0.05) is 24.3 Å². The van der Waals surface area contributed by atoms with Crippen LogP contribution >= 0.6 is 0 Å². The van der Waals surface area contributed by atoms with Gasteiger partial charge in [0.25, 0.3) is 0 Å². The van der Waals surface area contributed by atoms with Crippen LogP contribution in [-0.2, 0) is 0 Å². The molecule has 0 aliphatic rings. The van der Waals surface area contributed by atoms with Gasteiger partial charge in [-0.25, -0.2) is 4.98 Å². The van der Waals surface area contributed by atoms with Gasteiger partial charge >= 0.3 is 0 Å². The lowest BCUT2D eigenvalue weighted by Gasteiger charge is -2.20. The van der Waals surface area contributed by atoms with Crippen LogP contribution in [0, 0.1) is 0 Å². The highest BCUT2D eigenvalue weighted by molar-refractivity contribution is 5.28. The van der Waals surface area contributed by atoms with Gasteiger partial charge in [-0.1, -0.05) is 26.8 Å². The lowest BCUT2D eigenvalue weighted by atomic mass is 10.1. The van der Waals surface area contributed by atoms with Crippen LogP contribution in [0.3, 0.4) is 0 Å². The molecule has 4 heteroatoms. The maximum atomic E-state index is 5.88. The molecule has 1 aromatic heterocycles. The SMILES string of the molecule is CCCNC(C)c1cccnc1OCCN(CC)CC. The number of aromatic nitrogens is 1. The summed E-state index contributed by atoms with van der Waals surface area (Å²) in [6.45, 7) is 13.4. The van der Waals surface area contributed by atoms with Crippen LogP contribution in [0.5, 0.6) is 5.88 Å². The van der Waals surface area contributed by atoms with Crippen LogP contribution in [0.1, 0.15) is 45.7 Å². The number of likely N-dealkylation sites (N-methyl/N-ethyl adjacent to an activating group) is 1. The van der Waals surface area contributed by atoms with Crippen molar-refractivity contribution in [2.45, 2.75) is 40.2 Å². The molecule has 0 aliphatic carbocycles. The van der Waals surface area contributed by atoms with E-state index in [1.54, 1.807) is 6.20 Å². The maximum absolute atomic E-state index is 5.88. The van der Waals surface area contributed by atoms with Gasteiger partial charge in [0.1, 0.15) is 6.61 Å². The molecule has 0 saturated heterocycles. The molecular formula is C16H29N3O. The zero-order valence-electron chi connectivity index (χ0n) is 13.4. The normalized spacial score (nSPS) is 12.7. The Balaban J connectivity index is 2.56. The lowest BCUT2D eigenvalue weighted by Crippen LogP contribution is -2.28. The highest BCUT2D eigenvalue weighted by Crippen LogP contribution is 2.22. The van der Waals surface area contributed by atoms with Gasteiger partial charge in [-0.3, -0.25) is 0 Å². The average Bonchev–Trinajstić information content (AvgIpc) is 2.49. The Labute approximate surface area is 123 Å². The van der Waals surface area contributed by atoms with Gasteiger partial charge in [0.2, 0.25) is 5.88 Å². The second-order valence-corrected chi connectivity index (χ2v) is 4.95. The molecule has 1 N–H and O–H groups in total. The first-order valence-corrected chi connectivity index (χ1v) is 7.76. The van der Waals surface area contributed by atoms with E-state index in [0.29, 0.717) is 6.61 Å². The number of hydrogen-bond acceptors (Lipinski definition) is 4. The third kappa shape index (κ3) is 5.47. The predicted octanol–water partition coefficient (Wildman–Crippen LogP) is 2.86. The summed E-state index contributed by atoms with van der Waals surface area (Å²) in [5.74, 6) is 0.760. The van der Waals surface area contributed by atoms with E-state index in [9.17, 15) is 0 Å². The average molecular weight is 279 g/mol. The van der Waals surface area contributed by atoms with Crippen LogP contribution in [0.4, 0.5) is 0 Å². The molecule has 0 spiro atoms. The summed E-state index contributed by atoms with van der Waals surface area (Å²) < 4.78 is 5.88. The second kappa shape index (κ2) is 9.72. The van der Waals surface area contributed by atoms with E-state index in [2.05, 4.69) is 49.0 Å². The van der Waals surface area contributed by atoms with E-state index in [-0.39, 0.29) is 6.04 Å². The number of nitrogens with zero attached hydrogens (tertiary/aromatic N) is 2. The van der Waals surface area contributed by atoms with E-state index in [1.807, 2.05) is 6.07 Å². The smallest absolute Gasteiger partial charge is 0.218 e. The first-order chi connectivity index (χ1) is 9.72. The molecule has 114 valence electrons. The van der Waals surface area contributed by atoms with Gasteiger partial charge in [0.05, 0.1) is 0 Å². The number of ether oxygens (including phenoxy) is 1. The van der Waals surface area contributed by atoms with Crippen molar-refractivity contribution in [3.8, 4) is 5.88 Å². The Bertz CT molecular complexity index is 366. The summed E-state index contributed by atoms with van der Waals surface area (Å²) in [6.07, 6.45) is 2.92. The number of nitrogens with one attached hydrogen (secondary N) is 1. The highest BCUT2D eigenvalue weighted by Gasteiger charge is 2.12. The molecule has 4 nitrogen and oxygen atoms in total. The number of hydrogen-bond donors (Lipinski definition) is 1.